The van der Waals surface area contributed by atoms with Crippen LogP contribution in [0.3, 0.4) is 0 Å². The molecule has 0 aromatic heterocycles. The number of methoxy groups -OCH3 is 3. The quantitative estimate of drug-likeness (QED) is 0.717. The molecule has 2 aromatic carbocycles. The smallest absolute Gasteiger partial charge is 0.180 e. The van der Waals surface area contributed by atoms with Crippen LogP contribution in [0.4, 0.5) is 0 Å². The van der Waals surface area contributed by atoms with Crippen LogP contribution in [0, 0.1) is 0 Å². The van der Waals surface area contributed by atoms with Crippen LogP contribution in [0.1, 0.15) is 23.6 Å². The molecule has 0 amide bonds. The van der Waals surface area contributed by atoms with Crippen LogP contribution >= 0.6 is 0 Å². The molecule has 1 aliphatic rings. The van der Waals surface area contributed by atoms with Gasteiger partial charge in [0.2, 0.25) is 0 Å². The van der Waals surface area contributed by atoms with E-state index in [4.69, 9.17) is 14.2 Å². The Morgan fingerprint density at radius 1 is 0.920 bits per heavy atom. The number of benzene rings is 2. The highest BCUT2D eigenvalue weighted by atomic mass is 35.5. The number of nitrogens with zero attached hydrogens (tertiary/aromatic N) is 1. The molecule has 1 aliphatic heterocycles. The molecule has 5 heteroatoms. The van der Waals surface area contributed by atoms with Gasteiger partial charge in [-0.3, -0.25) is 0 Å². The first-order valence-corrected chi connectivity index (χ1v) is 8.13. The van der Waals surface area contributed by atoms with E-state index in [1.165, 1.54) is 22.4 Å². The maximum Gasteiger partial charge on any atom is 0.180 e. The van der Waals surface area contributed by atoms with Gasteiger partial charge in [-0.2, -0.15) is 0 Å². The minimum atomic E-state index is 0. The van der Waals surface area contributed by atoms with E-state index in [1.54, 1.807) is 21.3 Å². The summed E-state index contributed by atoms with van der Waals surface area (Å²) in [6.07, 6.45) is 1.00. The number of fused-ring (bicyclic) bond motifs is 1. The molecule has 2 aromatic rings. The van der Waals surface area contributed by atoms with Crippen LogP contribution in [0.5, 0.6) is 17.2 Å². The van der Waals surface area contributed by atoms with Gasteiger partial charge in [-0.1, -0.05) is 0 Å². The fourth-order valence-electron chi connectivity index (χ4n) is 3.21. The third-order valence-electron chi connectivity index (χ3n) is 4.66. The third kappa shape index (κ3) is 3.90. The fraction of sp³-hybridized carbons (Fsp3) is 0.350. The molecule has 0 unspecified atom stereocenters. The third-order valence-corrected chi connectivity index (χ3v) is 4.66. The van der Waals surface area contributed by atoms with Gasteiger partial charge >= 0.3 is 0 Å². The van der Waals surface area contributed by atoms with Crippen molar-refractivity contribution in [2.75, 3.05) is 27.9 Å². The molecule has 0 fully saturated rings. The van der Waals surface area contributed by atoms with Crippen molar-refractivity contribution in [3.05, 3.63) is 53.1 Å². The predicted octanol–water partition coefficient (Wildman–Crippen LogP) is 0.294. The van der Waals surface area contributed by atoms with Gasteiger partial charge in [0.1, 0.15) is 12.3 Å². The molecule has 0 saturated heterocycles. The van der Waals surface area contributed by atoms with Gasteiger partial charge in [-0.15, -0.1) is 0 Å². The highest BCUT2D eigenvalue weighted by Gasteiger charge is 2.24. The molecular formula is C20H24ClNO3. The second-order valence-electron chi connectivity index (χ2n) is 5.97. The van der Waals surface area contributed by atoms with Gasteiger partial charge in [0.15, 0.2) is 23.8 Å². The minimum absolute atomic E-state index is 0. The van der Waals surface area contributed by atoms with Gasteiger partial charge < -0.3 is 26.6 Å². The van der Waals surface area contributed by atoms with Gasteiger partial charge in [0.25, 0.3) is 0 Å². The van der Waals surface area contributed by atoms with Gasteiger partial charge in [-0.05, 0) is 42.0 Å². The lowest BCUT2D eigenvalue weighted by Crippen LogP contribution is -3.00. The zero-order chi connectivity index (χ0) is 17.1. The molecule has 1 heterocycles. The minimum Gasteiger partial charge on any atom is -1.00 e. The summed E-state index contributed by atoms with van der Waals surface area (Å²) in [6, 6.07) is 12.4. The predicted molar refractivity (Wildman–Crippen MR) is 94.9 cm³/mol. The number of hydrogen-bond acceptors (Lipinski definition) is 3. The zero-order valence-corrected chi connectivity index (χ0v) is 15.9. The van der Waals surface area contributed by atoms with Crippen molar-refractivity contribution < 1.29 is 31.2 Å². The van der Waals surface area contributed by atoms with Crippen molar-refractivity contribution in [3.63, 3.8) is 0 Å². The summed E-state index contributed by atoms with van der Waals surface area (Å²) >= 11 is 0. The number of rotatable bonds is 5. The molecule has 134 valence electrons. The highest BCUT2D eigenvalue weighted by molar-refractivity contribution is 5.97. The summed E-state index contributed by atoms with van der Waals surface area (Å²) in [5, 5.41) is 0. The largest absolute Gasteiger partial charge is 1.00 e. The molecule has 0 bridgehead atoms. The van der Waals surface area contributed by atoms with E-state index in [0.717, 1.165) is 36.8 Å². The maximum atomic E-state index is 5.46. The first-order chi connectivity index (χ1) is 11.7. The summed E-state index contributed by atoms with van der Waals surface area (Å²) in [7, 11) is 5.05. The zero-order valence-electron chi connectivity index (χ0n) is 15.1. The summed E-state index contributed by atoms with van der Waals surface area (Å²) < 4.78 is 18.5. The summed E-state index contributed by atoms with van der Waals surface area (Å²) in [5.74, 6) is 2.47. The Kier molecular flexibility index (Phi) is 6.32. The summed E-state index contributed by atoms with van der Waals surface area (Å²) in [6.45, 7) is 4.07. The normalized spacial score (nSPS) is 13.0. The second-order valence-corrected chi connectivity index (χ2v) is 5.97. The van der Waals surface area contributed by atoms with Gasteiger partial charge in [0, 0.05) is 24.5 Å². The Hall–Kier alpha value is -2.20. The average molecular weight is 362 g/mol. The van der Waals surface area contributed by atoms with Crippen molar-refractivity contribution in [2.24, 2.45) is 0 Å². The summed E-state index contributed by atoms with van der Waals surface area (Å²) in [4.78, 5) is 0. The van der Waals surface area contributed by atoms with Gasteiger partial charge in [0.05, 0.1) is 21.3 Å². The number of halogens is 1. The monoisotopic (exact) mass is 361 g/mol. The molecule has 0 N–H and O–H groups in total. The van der Waals surface area contributed by atoms with Crippen molar-refractivity contribution >= 4 is 5.71 Å². The Morgan fingerprint density at radius 2 is 1.56 bits per heavy atom. The van der Waals surface area contributed by atoms with Crippen LogP contribution in [-0.2, 0) is 13.0 Å². The Morgan fingerprint density at radius 3 is 2.16 bits per heavy atom. The molecule has 0 atom stereocenters. The molecule has 0 spiro atoms. The van der Waals surface area contributed by atoms with Crippen molar-refractivity contribution in [1.82, 2.24) is 0 Å². The van der Waals surface area contributed by atoms with E-state index in [-0.39, 0.29) is 12.4 Å². The van der Waals surface area contributed by atoms with Crippen LogP contribution in [0.2, 0.25) is 0 Å². The Bertz CT molecular complexity index is 769. The fourth-order valence-corrected chi connectivity index (χ4v) is 3.21. The van der Waals surface area contributed by atoms with Gasteiger partial charge in [-0.25, -0.2) is 4.58 Å². The number of ether oxygens (including phenoxy) is 3. The molecule has 25 heavy (non-hydrogen) atoms. The van der Waals surface area contributed by atoms with Crippen LogP contribution in [0.25, 0.3) is 0 Å². The Labute approximate surface area is 155 Å². The SMILES string of the molecule is COc1ccc(C[N+]2=C(C)c3cc(OC)c(OC)cc3CC2)cc1.[Cl-]. The molecule has 4 nitrogen and oxygen atoms in total. The van der Waals surface area contributed by atoms with E-state index in [9.17, 15) is 0 Å². The topological polar surface area (TPSA) is 30.7 Å². The molecular weight excluding hydrogens is 338 g/mol. The van der Waals surface area contributed by atoms with Crippen molar-refractivity contribution in [2.45, 2.75) is 19.9 Å². The van der Waals surface area contributed by atoms with E-state index in [2.05, 4.69) is 35.8 Å². The standard InChI is InChI=1S/C20H24NO3.ClH/c1-14-18-12-20(24-4)19(23-3)11-16(18)9-10-21(14)13-15-5-7-17(22-2)8-6-15;/h5-8,11-12H,9-10,13H2,1-4H3;1H/q+1;/p-1. The van der Waals surface area contributed by atoms with Crippen LogP contribution in [0.15, 0.2) is 36.4 Å². The molecule has 0 saturated carbocycles. The average Bonchev–Trinajstić information content (AvgIpc) is 2.63. The second kappa shape index (κ2) is 8.26. The van der Waals surface area contributed by atoms with E-state index < -0.39 is 0 Å². The molecule has 0 aliphatic carbocycles. The highest BCUT2D eigenvalue weighted by Crippen LogP contribution is 2.32. The summed E-state index contributed by atoms with van der Waals surface area (Å²) in [5.41, 5.74) is 5.11. The first kappa shape index (κ1) is 19.1. The van der Waals surface area contributed by atoms with Crippen molar-refractivity contribution in [3.8, 4) is 17.2 Å². The van der Waals surface area contributed by atoms with Crippen LogP contribution < -0.4 is 26.6 Å². The molecule has 3 rings (SSSR count). The van der Waals surface area contributed by atoms with E-state index >= 15 is 0 Å². The number of hydrogen-bond donors (Lipinski definition) is 0. The van der Waals surface area contributed by atoms with Crippen LogP contribution in [-0.4, -0.2) is 38.2 Å². The van der Waals surface area contributed by atoms with E-state index in [0.29, 0.717) is 0 Å². The lowest BCUT2D eigenvalue weighted by atomic mass is 9.96. The lowest BCUT2D eigenvalue weighted by Gasteiger charge is -2.19. The molecule has 0 radical (unpaired) electrons. The van der Waals surface area contributed by atoms with Crippen molar-refractivity contribution in [1.29, 1.82) is 0 Å². The first-order valence-electron chi connectivity index (χ1n) is 8.13. The van der Waals surface area contributed by atoms with E-state index in [1.807, 2.05) is 12.1 Å². The maximum absolute atomic E-state index is 5.46. The Balaban J connectivity index is 0.00000225. The lowest BCUT2D eigenvalue weighted by molar-refractivity contribution is -0.545.